The molecule has 0 N–H and O–H groups in total. The molecular formula is C16H20ClN3O4. The lowest BCUT2D eigenvalue weighted by Gasteiger charge is -2.32. The Bertz CT molecular complexity index is 657. The number of carbonyl (C=O) groups is 2. The van der Waals surface area contributed by atoms with E-state index in [1.807, 2.05) is 0 Å². The van der Waals surface area contributed by atoms with E-state index in [2.05, 4.69) is 0 Å². The van der Waals surface area contributed by atoms with Crippen LogP contribution in [-0.4, -0.2) is 46.7 Å². The van der Waals surface area contributed by atoms with Crippen molar-refractivity contribution in [1.29, 1.82) is 0 Å². The van der Waals surface area contributed by atoms with Gasteiger partial charge >= 0.3 is 0 Å². The normalized spacial score (nSPS) is 15.2. The second kappa shape index (κ2) is 7.61. The summed E-state index contributed by atoms with van der Waals surface area (Å²) in [6.45, 7) is 2.90. The number of nitrogens with zero attached hydrogens (tertiary/aromatic N) is 3. The Balaban J connectivity index is 2.01. The minimum absolute atomic E-state index is 0.0256. The summed E-state index contributed by atoms with van der Waals surface area (Å²) in [6, 6.07) is 4.20. The molecule has 0 radical (unpaired) electrons. The SMILES string of the molecule is CC(=O)N1CCC(C(=O)N(C)Cc2cc([N+](=O)[O-])ccc2Cl)CC1. The lowest BCUT2D eigenvalue weighted by atomic mass is 9.95. The average Bonchev–Trinajstić information content (AvgIpc) is 2.55. The van der Waals surface area contributed by atoms with Gasteiger partial charge in [-0.25, -0.2) is 0 Å². The zero-order valence-electron chi connectivity index (χ0n) is 13.7. The summed E-state index contributed by atoms with van der Waals surface area (Å²) >= 11 is 6.08. The van der Waals surface area contributed by atoms with Crippen LogP contribution in [0.15, 0.2) is 18.2 Å². The number of likely N-dealkylation sites (tertiary alicyclic amines) is 1. The maximum absolute atomic E-state index is 12.6. The van der Waals surface area contributed by atoms with Crippen molar-refractivity contribution in [1.82, 2.24) is 9.80 Å². The number of hydrogen-bond donors (Lipinski definition) is 0. The van der Waals surface area contributed by atoms with Gasteiger partial charge in [-0.05, 0) is 24.5 Å². The molecule has 1 aromatic carbocycles. The molecule has 2 rings (SSSR count). The van der Waals surface area contributed by atoms with Crippen molar-refractivity contribution in [2.24, 2.45) is 5.92 Å². The fourth-order valence-corrected chi connectivity index (χ4v) is 3.06. The van der Waals surface area contributed by atoms with Crippen molar-refractivity contribution in [3.63, 3.8) is 0 Å². The summed E-state index contributed by atoms with van der Waals surface area (Å²) in [6.07, 6.45) is 1.26. The van der Waals surface area contributed by atoms with Gasteiger partial charge in [-0.15, -0.1) is 0 Å². The number of nitro groups is 1. The number of amides is 2. The number of hydrogen-bond acceptors (Lipinski definition) is 4. The molecule has 8 heteroatoms. The van der Waals surface area contributed by atoms with E-state index in [1.165, 1.54) is 25.1 Å². The van der Waals surface area contributed by atoms with Gasteiger partial charge in [0.2, 0.25) is 11.8 Å². The minimum Gasteiger partial charge on any atom is -0.343 e. The van der Waals surface area contributed by atoms with Gasteiger partial charge in [0.1, 0.15) is 0 Å². The van der Waals surface area contributed by atoms with E-state index in [0.29, 0.717) is 36.5 Å². The standard InChI is InChI=1S/C16H20ClN3O4/c1-11(21)19-7-5-12(6-8-19)16(22)18(2)10-13-9-14(20(23)24)3-4-15(13)17/h3-4,9,12H,5-8,10H2,1-2H3. The number of non-ortho nitro benzene ring substituents is 1. The maximum Gasteiger partial charge on any atom is 0.269 e. The molecule has 0 aromatic heterocycles. The van der Waals surface area contributed by atoms with Gasteiger partial charge in [0.15, 0.2) is 0 Å². The Kier molecular flexibility index (Phi) is 5.77. The second-order valence-corrected chi connectivity index (χ2v) is 6.41. The van der Waals surface area contributed by atoms with Crippen LogP contribution in [0.25, 0.3) is 0 Å². The van der Waals surface area contributed by atoms with Crippen LogP contribution >= 0.6 is 11.6 Å². The first-order valence-electron chi connectivity index (χ1n) is 7.73. The molecule has 1 aliphatic rings. The van der Waals surface area contributed by atoms with Gasteiger partial charge in [0.05, 0.1) is 4.92 Å². The number of benzene rings is 1. The van der Waals surface area contributed by atoms with Crippen LogP contribution in [0.1, 0.15) is 25.3 Å². The Hall–Kier alpha value is -2.15. The maximum atomic E-state index is 12.6. The summed E-state index contributed by atoms with van der Waals surface area (Å²) in [5.41, 5.74) is 0.493. The quantitative estimate of drug-likeness (QED) is 0.614. The van der Waals surface area contributed by atoms with Gasteiger partial charge < -0.3 is 9.80 Å². The first-order chi connectivity index (χ1) is 11.3. The molecule has 0 bridgehead atoms. The Labute approximate surface area is 145 Å². The molecule has 1 saturated heterocycles. The highest BCUT2D eigenvalue weighted by atomic mass is 35.5. The first-order valence-corrected chi connectivity index (χ1v) is 8.10. The number of halogens is 1. The van der Waals surface area contributed by atoms with Gasteiger partial charge in [0.25, 0.3) is 5.69 Å². The fourth-order valence-electron chi connectivity index (χ4n) is 2.88. The van der Waals surface area contributed by atoms with E-state index in [1.54, 1.807) is 16.8 Å². The second-order valence-electron chi connectivity index (χ2n) is 6.01. The summed E-state index contributed by atoms with van der Waals surface area (Å²) < 4.78 is 0. The van der Waals surface area contributed by atoms with Crippen molar-refractivity contribution < 1.29 is 14.5 Å². The molecule has 1 aromatic rings. The zero-order chi connectivity index (χ0) is 17.9. The smallest absolute Gasteiger partial charge is 0.269 e. The molecule has 0 unspecified atom stereocenters. The molecule has 0 atom stereocenters. The minimum atomic E-state index is -0.487. The van der Waals surface area contributed by atoms with Crippen molar-refractivity contribution in [3.05, 3.63) is 38.9 Å². The van der Waals surface area contributed by atoms with Crippen LogP contribution in [0.4, 0.5) is 5.69 Å². The first kappa shape index (κ1) is 18.2. The number of piperidine rings is 1. The number of nitro benzene ring substituents is 1. The molecule has 1 aliphatic heterocycles. The van der Waals surface area contributed by atoms with Gasteiger partial charge in [0, 0.05) is 56.7 Å². The number of rotatable bonds is 4. The monoisotopic (exact) mass is 353 g/mol. The molecule has 0 aliphatic carbocycles. The molecule has 24 heavy (non-hydrogen) atoms. The third-order valence-electron chi connectivity index (χ3n) is 4.31. The highest BCUT2D eigenvalue weighted by molar-refractivity contribution is 6.31. The molecular weight excluding hydrogens is 334 g/mol. The molecule has 130 valence electrons. The summed E-state index contributed by atoms with van der Waals surface area (Å²) in [5.74, 6) is -0.138. The molecule has 7 nitrogen and oxygen atoms in total. The number of carbonyl (C=O) groups excluding carboxylic acids is 2. The van der Waals surface area contributed by atoms with Crippen LogP contribution in [0.3, 0.4) is 0 Å². The third-order valence-corrected chi connectivity index (χ3v) is 4.68. The van der Waals surface area contributed by atoms with E-state index in [0.717, 1.165) is 0 Å². The fraction of sp³-hybridized carbons (Fsp3) is 0.500. The van der Waals surface area contributed by atoms with Crippen molar-refractivity contribution in [2.45, 2.75) is 26.3 Å². The van der Waals surface area contributed by atoms with E-state index in [-0.39, 0.29) is 30.0 Å². The molecule has 1 heterocycles. The lowest BCUT2D eigenvalue weighted by Crippen LogP contribution is -2.42. The molecule has 0 spiro atoms. The summed E-state index contributed by atoms with van der Waals surface area (Å²) in [5, 5.41) is 11.3. The lowest BCUT2D eigenvalue weighted by molar-refractivity contribution is -0.384. The average molecular weight is 354 g/mol. The molecule has 1 fully saturated rings. The predicted octanol–water partition coefficient (Wildman–Crippen LogP) is 2.47. The third kappa shape index (κ3) is 4.23. The summed E-state index contributed by atoms with van der Waals surface area (Å²) in [4.78, 5) is 37.5. The Morgan fingerprint density at radius 1 is 1.38 bits per heavy atom. The Morgan fingerprint density at radius 3 is 2.54 bits per heavy atom. The van der Waals surface area contributed by atoms with Crippen molar-refractivity contribution >= 4 is 29.1 Å². The van der Waals surface area contributed by atoms with E-state index >= 15 is 0 Å². The van der Waals surface area contributed by atoms with Gasteiger partial charge in [-0.1, -0.05) is 11.6 Å². The summed E-state index contributed by atoms with van der Waals surface area (Å²) in [7, 11) is 1.66. The van der Waals surface area contributed by atoms with Crippen LogP contribution in [0.2, 0.25) is 5.02 Å². The zero-order valence-corrected chi connectivity index (χ0v) is 14.5. The predicted molar refractivity (Wildman–Crippen MR) is 89.6 cm³/mol. The molecule has 0 saturated carbocycles. The topological polar surface area (TPSA) is 83.8 Å². The van der Waals surface area contributed by atoms with Crippen molar-refractivity contribution in [2.75, 3.05) is 20.1 Å². The van der Waals surface area contributed by atoms with Crippen LogP contribution in [-0.2, 0) is 16.1 Å². The highest BCUT2D eigenvalue weighted by Gasteiger charge is 2.28. The van der Waals surface area contributed by atoms with E-state index < -0.39 is 4.92 Å². The van der Waals surface area contributed by atoms with E-state index in [4.69, 9.17) is 11.6 Å². The van der Waals surface area contributed by atoms with Crippen LogP contribution in [0, 0.1) is 16.0 Å². The Morgan fingerprint density at radius 2 is 2.00 bits per heavy atom. The van der Waals surface area contributed by atoms with Crippen LogP contribution in [0.5, 0.6) is 0 Å². The van der Waals surface area contributed by atoms with Gasteiger partial charge in [-0.2, -0.15) is 0 Å². The van der Waals surface area contributed by atoms with E-state index in [9.17, 15) is 19.7 Å². The largest absolute Gasteiger partial charge is 0.343 e. The van der Waals surface area contributed by atoms with Crippen LogP contribution < -0.4 is 0 Å². The highest BCUT2D eigenvalue weighted by Crippen LogP contribution is 2.25. The van der Waals surface area contributed by atoms with Gasteiger partial charge in [-0.3, -0.25) is 19.7 Å². The van der Waals surface area contributed by atoms with Crippen molar-refractivity contribution in [3.8, 4) is 0 Å². The molecule has 2 amide bonds.